The molecule has 1 unspecified atom stereocenters. The molecule has 0 aromatic carbocycles. The van der Waals surface area contributed by atoms with Crippen molar-refractivity contribution in [2.24, 2.45) is 0 Å². The zero-order valence-corrected chi connectivity index (χ0v) is 8.51. The van der Waals surface area contributed by atoms with E-state index in [1.165, 1.54) is 11.3 Å². The van der Waals surface area contributed by atoms with Gasteiger partial charge in [0.05, 0.1) is 5.92 Å². The lowest BCUT2D eigenvalue weighted by Gasteiger charge is -2.08. The van der Waals surface area contributed by atoms with Gasteiger partial charge in [0.25, 0.3) is 0 Å². The van der Waals surface area contributed by atoms with Gasteiger partial charge in [-0.05, 0) is 17.9 Å². The zero-order chi connectivity index (χ0) is 9.68. The fraction of sp³-hybridized carbons (Fsp3) is 0.500. The highest BCUT2D eigenvalue weighted by molar-refractivity contribution is 7.10. The minimum atomic E-state index is -0.698. The van der Waals surface area contributed by atoms with E-state index in [0.29, 0.717) is 0 Å². The van der Waals surface area contributed by atoms with Crippen molar-refractivity contribution in [1.29, 1.82) is 0 Å². The average Bonchev–Trinajstić information content (AvgIpc) is 2.57. The third-order valence-electron chi connectivity index (χ3n) is 2.03. The van der Waals surface area contributed by atoms with E-state index < -0.39 is 5.97 Å². The van der Waals surface area contributed by atoms with Crippen LogP contribution in [0.1, 0.15) is 37.0 Å². The van der Waals surface area contributed by atoms with Crippen LogP contribution in [0.25, 0.3) is 0 Å². The van der Waals surface area contributed by atoms with Gasteiger partial charge in [0, 0.05) is 4.88 Å². The maximum Gasteiger partial charge on any atom is 0.311 e. The van der Waals surface area contributed by atoms with E-state index >= 15 is 0 Å². The number of hydrogen-bond acceptors (Lipinski definition) is 2. The van der Waals surface area contributed by atoms with Crippen molar-refractivity contribution in [1.82, 2.24) is 0 Å². The van der Waals surface area contributed by atoms with Crippen molar-refractivity contribution in [3.05, 3.63) is 22.4 Å². The Kier molecular flexibility index (Phi) is 3.96. The zero-order valence-electron chi connectivity index (χ0n) is 7.69. The molecule has 0 saturated carbocycles. The summed E-state index contributed by atoms with van der Waals surface area (Å²) in [4.78, 5) is 11.9. The van der Waals surface area contributed by atoms with Crippen LogP contribution in [0, 0.1) is 0 Å². The molecule has 1 aromatic heterocycles. The maximum atomic E-state index is 10.9. The highest BCUT2D eigenvalue weighted by Gasteiger charge is 2.19. The van der Waals surface area contributed by atoms with Crippen LogP contribution in [0.3, 0.4) is 0 Å². The topological polar surface area (TPSA) is 37.3 Å². The molecule has 1 N–H and O–H groups in total. The minimum absolute atomic E-state index is 0.292. The lowest BCUT2D eigenvalue weighted by Crippen LogP contribution is -2.09. The molecular formula is C10H14O2S. The molecule has 0 radical (unpaired) electrons. The molecular weight excluding hydrogens is 184 g/mol. The van der Waals surface area contributed by atoms with E-state index in [9.17, 15) is 4.79 Å². The van der Waals surface area contributed by atoms with Crippen molar-refractivity contribution in [2.45, 2.75) is 32.1 Å². The monoisotopic (exact) mass is 198 g/mol. The summed E-state index contributed by atoms with van der Waals surface area (Å²) in [7, 11) is 0. The minimum Gasteiger partial charge on any atom is -0.481 e. The normalized spacial score (nSPS) is 12.7. The predicted octanol–water partition coefficient (Wildman–Crippen LogP) is 3.11. The van der Waals surface area contributed by atoms with Crippen LogP contribution in [-0.2, 0) is 4.79 Å². The van der Waals surface area contributed by atoms with Gasteiger partial charge in [-0.2, -0.15) is 0 Å². The molecule has 2 nitrogen and oxygen atoms in total. The standard InChI is InChI=1S/C10H14O2S/c1-2-3-5-8(10(11)12)9-6-4-7-13-9/h4,6-8H,2-3,5H2,1H3,(H,11,12). The molecule has 0 amide bonds. The highest BCUT2D eigenvalue weighted by atomic mass is 32.1. The summed E-state index contributed by atoms with van der Waals surface area (Å²) >= 11 is 1.53. The number of carboxylic acids is 1. The fourth-order valence-corrected chi connectivity index (χ4v) is 2.14. The van der Waals surface area contributed by atoms with Gasteiger partial charge in [0.1, 0.15) is 0 Å². The molecule has 0 aliphatic heterocycles. The first kappa shape index (κ1) is 10.3. The summed E-state index contributed by atoms with van der Waals surface area (Å²) in [5.74, 6) is -0.990. The van der Waals surface area contributed by atoms with E-state index in [2.05, 4.69) is 6.92 Å². The third kappa shape index (κ3) is 2.84. The van der Waals surface area contributed by atoms with Crippen molar-refractivity contribution < 1.29 is 9.90 Å². The molecule has 1 aromatic rings. The quantitative estimate of drug-likeness (QED) is 0.789. The summed E-state index contributed by atoms with van der Waals surface area (Å²) in [5, 5.41) is 10.9. The van der Waals surface area contributed by atoms with E-state index in [1.807, 2.05) is 17.5 Å². The smallest absolute Gasteiger partial charge is 0.311 e. The average molecular weight is 198 g/mol. The SMILES string of the molecule is CCCCC(C(=O)O)c1cccs1. The van der Waals surface area contributed by atoms with Gasteiger partial charge in [-0.1, -0.05) is 25.8 Å². The van der Waals surface area contributed by atoms with Crippen LogP contribution in [0.5, 0.6) is 0 Å². The van der Waals surface area contributed by atoms with Gasteiger partial charge >= 0.3 is 5.97 Å². The molecule has 1 atom stereocenters. The second-order valence-corrected chi connectivity index (χ2v) is 4.03. The molecule has 0 aliphatic rings. The Morgan fingerprint density at radius 2 is 2.46 bits per heavy atom. The first-order chi connectivity index (χ1) is 6.25. The molecule has 1 heterocycles. The van der Waals surface area contributed by atoms with Crippen LogP contribution < -0.4 is 0 Å². The number of carboxylic acid groups (broad SMARTS) is 1. The van der Waals surface area contributed by atoms with Crippen molar-refractivity contribution >= 4 is 17.3 Å². The van der Waals surface area contributed by atoms with Crippen molar-refractivity contribution in [3.8, 4) is 0 Å². The second kappa shape index (κ2) is 5.02. The first-order valence-electron chi connectivity index (χ1n) is 4.52. The summed E-state index contributed by atoms with van der Waals surface area (Å²) < 4.78 is 0. The van der Waals surface area contributed by atoms with Crippen LogP contribution in [0.2, 0.25) is 0 Å². The molecule has 3 heteroatoms. The highest BCUT2D eigenvalue weighted by Crippen LogP contribution is 2.26. The van der Waals surface area contributed by atoms with Crippen LogP contribution in [0.4, 0.5) is 0 Å². The summed E-state index contributed by atoms with van der Waals surface area (Å²) in [6.07, 6.45) is 2.79. The fourth-order valence-electron chi connectivity index (χ4n) is 1.29. The van der Waals surface area contributed by atoms with Gasteiger partial charge in [0.2, 0.25) is 0 Å². The maximum absolute atomic E-state index is 10.9. The molecule has 1 rings (SSSR count). The van der Waals surface area contributed by atoms with Crippen LogP contribution in [-0.4, -0.2) is 11.1 Å². The van der Waals surface area contributed by atoms with Crippen LogP contribution >= 0.6 is 11.3 Å². The second-order valence-electron chi connectivity index (χ2n) is 3.05. The van der Waals surface area contributed by atoms with Gasteiger partial charge in [-0.3, -0.25) is 4.79 Å². The van der Waals surface area contributed by atoms with E-state index in [0.717, 1.165) is 24.1 Å². The van der Waals surface area contributed by atoms with E-state index in [-0.39, 0.29) is 5.92 Å². The molecule has 0 fully saturated rings. The lowest BCUT2D eigenvalue weighted by molar-refractivity contribution is -0.138. The van der Waals surface area contributed by atoms with Gasteiger partial charge < -0.3 is 5.11 Å². The number of rotatable bonds is 5. The molecule has 72 valence electrons. The number of unbranched alkanes of at least 4 members (excludes halogenated alkanes) is 1. The van der Waals surface area contributed by atoms with Crippen molar-refractivity contribution in [3.63, 3.8) is 0 Å². The summed E-state index contributed by atoms with van der Waals surface area (Å²) in [6, 6.07) is 3.81. The Balaban J connectivity index is 2.63. The largest absolute Gasteiger partial charge is 0.481 e. The third-order valence-corrected chi connectivity index (χ3v) is 3.02. The van der Waals surface area contributed by atoms with Crippen LogP contribution in [0.15, 0.2) is 17.5 Å². The molecule has 0 aliphatic carbocycles. The number of carbonyl (C=O) groups is 1. The lowest BCUT2D eigenvalue weighted by atomic mass is 10.0. The van der Waals surface area contributed by atoms with Gasteiger partial charge in [-0.15, -0.1) is 11.3 Å². The summed E-state index contributed by atoms with van der Waals surface area (Å²) in [6.45, 7) is 2.08. The van der Waals surface area contributed by atoms with E-state index in [1.54, 1.807) is 0 Å². The first-order valence-corrected chi connectivity index (χ1v) is 5.40. The molecule has 0 saturated heterocycles. The Hall–Kier alpha value is -0.830. The Morgan fingerprint density at radius 3 is 2.92 bits per heavy atom. The number of thiophene rings is 1. The molecule has 0 bridgehead atoms. The Labute approximate surface area is 82.2 Å². The Bertz CT molecular complexity index is 254. The van der Waals surface area contributed by atoms with E-state index in [4.69, 9.17) is 5.11 Å². The summed E-state index contributed by atoms with van der Waals surface area (Å²) in [5.41, 5.74) is 0. The van der Waals surface area contributed by atoms with Gasteiger partial charge in [-0.25, -0.2) is 0 Å². The van der Waals surface area contributed by atoms with Crippen molar-refractivity contribution in [2.75, 3.05) is 0 Å². The Morgan fingerprint density at radius 1 is 1.69 bits per heavy atom. The molecule has 13 heavy (non-hydrogen) atoms. The number of aliphatic carboxylic acids is 1. The van der Waals surface area contributed by atoms with Gasteiger partial charge in [0.15, 0.2) is 0 Å². The number of hydrogen-bond donors (Lipinski definition) is 1. The molecule has 0 spiro atoms. The predicted molar refractivity (Wildman–Crippen MR) is 54.2 cm³/mol.